The summed E-state index contributed by atoms with van der Waals surface area (Å²) in [6.07, 6.45) is -0.456. The lowest BCUT2D eigenvalue weighted by Gasteiger charge is -2.29. The molecule has 0 fully saturated rings. The minimum Gasteiger partial charge on any atom is -0.416 e. The van der Waals surface area contributed by atoms with Crippen molar-refractivity contribution in [2.45, 2.75) is 27.4 Å². The molecule has 0 saturated heterocycles. The van der Waals surface area contributed by atoms with Crippen LogP contribution < -0.4 is 9.05 Å². The van der Waals surface area contributed by atoms with Crippen LogP contribution in [0.3, 0.4) is 0 Å². The van der Waals surface area contributed by atoms with E-state index in [0.29, 0.717) is 0 Å². The first-order valence-corrected chi connectivity index (χ1v) is 12.3. The van der Waals surface area contributed by atoms with E-state index in [4.69, 9.17) is 13.8 Å². The van der Waals surface area contributed by atoms with Gasteiger partial charge in [0.15, 0.2) is 0 Å². The second kappa shape index (κ2) is 10.8. The number of aryl methyl sites for hydroxylation is 1. The van der Waals surface area contributed by atoms with Crippen LogP contribution in [-0.4, -0.2) is 12.8 Å². The molecule has 10 heteroatoms. The highest BCUT2D eigenvalue weighted by atomic mass is 31.2. The molecular formula is C25H24F5O4P. The molecule has 0 bridgehead atoms. The van der Waals surface area contributed by atoms with E-state index < -0.39 is 54.0 Å². The highest BCUT2D eigenvalue weighted by Gasteiger charge is 2.40. The van der Waals surface area contributed by atoms with Gasteiger partial charge in [0.1, 0.15) is 5.75 Å². The molecule has 0 aliphatic rings. The molecule has 3 rings (SSSR count). The third-order valence-electron chi connectivity index (χ3n) is 5.02. The predicted molar refractivity (Wildman–Crippen MR) is 121 cm³/mol. The molecule has 35 heavy (non-hydrogen) atoms. The Labute approximate surface area is 200 Å². The van der Waals surface area contributed by atoms with E-state index in [1.165, 1.54) is 12.1 Å². The molecule has 0 N–H and O–H groups in total. The van der Waals surface area contributed by atoms with Gasteiger partial charge in [-0.3, -0.25) is 0 Å². The topological polar surface area (TPSA) is 44.8 Å². The lowest BCUT2D eigenvalue weighted by Crippen LogP contribution is -2.27. The summed E-state index contributed by atoms with van der Waals surface area (Å²) in [5.74, 6) is -12.9. The van der Waals surface area contributed by atoms with Crippen LogP contribution >= 0.6 is 7.60 Å². The first-order valence-electron chi connectivity index (χ1n) is 10.6. The number of rotatable bonds is 10. The molecule has 1 unspecified atom stereocenters. The molecule has 0 radical (unpaired) electrons. The van der Waals surface area contributed by atoms with Crippen molar-refractivity contribution in [3.05, 3.63) is 94.8 Å². The molecule has 0 aliphatic carbocycles. The lowest BCUT2D eigenvalue weighted by molar-refractivity contribution is 0.0591. The Bertz CT molecular complexity index is 1210. The number of hydrogen-bond acceptors (Lipinski definition) is 4. The largest absolute Gasteiger partial charge is 0.431 e. The molecule has 0 saturated carbocycles. The molecule has 0 spiro atoms. The average Bonchev–Trinajstić information content (AvgIpc) is 2.80. The Balaban J connectivity index is 1.87. The number of benzene rings is 3. The third-order valence-corrected chi connectivity index (χ3v) is 7.21. The van der Waals surface area contributed by atoms with Crippen LogP contribution in [0, 0.1) is 41.4 Å². The van der Waals surface area contributed by atoms with Crippen molar-refractivity contribution >= 4 is 7.60 Å². The van der Waals surface area contributed by atoms with Crippen molar-refractivity contribution < 1.29 is 40.3 Å². The summed E-state index contributed by atoms with van der Waals surface area (Å²) in [6, 6.07) is 15.1. The maximum absolute atomic E-state index is 14.3. The molecule has 0 heterocycles. The van der Waals surface area contributed by atoms with Gasteiger partial charge in [-0.1, -0.05) is 56.3 Å². The van der Waals surface area contributed by atoms with E-state index in [9.17, 15) is 26.5 Å². The van der Waals surface area contributed by atoms with Gasteiger partial charge in [0, 0.05) is 5.41 Å². The average molecular weight is 514 g/mol. The van der Waals surface area contributed by atoms with E-state index in [-0.39, 0.29) is 19.0 Å². The number of ether oxygens (including phenoxy) is 1. The molecule has 3 aromatic rings. The van der Waals surface area contributed by atoms with E-state index in [2.05, 4.69) is 0 Å². The third kappa shape index (κ3) is 6.61. The number of para-hydroxylation sites is 1. The number of hydrogen-bond donors (Lipinski definition) is 0. The van der Waals surface area contributed by atoms with E-state index in [0.717, 1.165) is 11.1 Å². The normalized spacial score (nSPS) is 13.4. The maximum Gasteiger partial charge on any atom is 0.431 e. The molecule has 0 amide bonds. The van der Waals surface area contributed by atoms with Crippen LogP contribution in [0.15, 0.2) is 54.6 Å². The van der Waals surface area contributed by atoms with Crippen molar-refractivity contribution in [2.24, 2.45) is 5.41 Å². The van der Waals surface area contributed by atoms with Gasteiger partial charge in [-0.2, -0.15) is 8.78 Å². The summed E-state index contributed by atoms with van der Waals surface area (Å²) in [5.41, 5.74) is 1.000. The first kappa shape index (κ1) is 26.7. The quantitative estimate of drug-likeness (QED) is 0.121. The van der Waals surface area contributed by atoms with Crippen LogP contribution in [0.1, 0.15) is 25.0 Å². The zero-order valence-corrected chi connectivity index (χ0v) is 20.2. The summed E-state index contributed by atoms with van der Waals surface area (Å²) in [6.45, 7) is 5.49. The van der Waals surface area contributed by atoms with Crippen molar-refractivity contribution in [2.75, 3.05) is 12.8 Å². The van der Waals surface area contributed by atoms with E-state index in [1.54, 1.807) is 32.0 Å². The van der Waals surface area contributed by atoms with Crippen LogP contribution in [0.25, 0.3) is 0 Å². The predicted octanol–water partition coefficient (Wildman–Crippen LogP) is 7.58. The van der Waals surface area contributed by atoms with Gasteiger partial charge >= 0.3 is 7.60 Å². The van der Waals surface area contributed by atoms with Crippen molar-refractivity contribution in [1.82, 2.24) is 0 Å². The van der Waals surface area contributed by atoms with Gasteiger partial charge in [-0.15, -0.1) is 0 Å². The number of halogens is 5. The maximum atomic E-state index is 14.3. The smallest absolute Gasteiger partial charge is 0.416 e. The van der Waals surface area contributed by atoms with E-state index in [1.807, 2.05) is 31.2 Å². The van der Waals surface area contributed by atoms with Gasteiger partial charge in [0.2, 0.25) is 34.8 Å². The Morgan fingerprint density at radius 3 is 1.91 bits per heavy atom. The second-order valence-electron chi connectivity index (χ2n) is 8.75. The minimum atomic E-state index is -4.53. The molecule has 4 nitrogen and oxygen atoms in total. The van der Waals surface area contributed by atoms with Gasteiger partial charge < -0.3 is 13.8 Å². The monoisotopic (exact) mass is 514 g/mol. The summed E-state index contributed by atoms with van der Waals surface area (Å²) in [4.78, 5) is 0. The molecule has 188 valence electrons. The van der Waals surface area contributed by atoms with E-state index >= 15 is 0 Å². The Morgan fingerprint density at radius 2 is 1.31 bits per heavy atom. The highest BCUT2D eigenvalue weighted by molar-refractivity contribution is 7.54. The summed E-state index contributed by atoms with van der Waals surface area (Å²) in [7, 11) is -4.53. The Morgan fingerprint density at radius 1 is 0.771 bits per heavy atom. The van der Waals surface area contributed by atoms with Crippen molar-refractivity contribution in [1.29, 1.82) is 0 Å². The zero-order valence-electron chi connectivity index (χ0n) is 19.3. The van der Waals surface area contributed by atoms with Crippen molar-refractivity contribution in [3.63, 3.8) is 0 Å². The summed E-state index contributed by atoms with van der Waals surface area (Å²) >= 11 is 0. The molecule has 1 atom stereocenters. The summed E-state index contributed by atoms with van der Waals surface area (Å²) < 4.78 is 99.3. The zero-order chi connectivity index (χ0) is 25.8. The van der Waals surface area contributed by atoms with Gasteiger partial charge in [-0.25, -0.2) is 17.7 Å². The Kier molecular flexibility index (Phi) is 8.23. The summed E-state index contributed by atoms with van der Waals surface area (Å²) in [5, 5.41) is 0. The van der Waals surface area contributed by atoms with Crippen LogP contribution in [0.2, 0.25) is 0 Å². The highest BCUT2D eigenvalue weighted by Crippen LogP contribution is 2.53. The fraction of sp³-hybridized carbons (Fsp3) is 0.280. The standard InChI is InChI=1S/C25H24F5O4P/c1-16-9-7-8-10-17(16)13-32-14-25(2,3)15-35(31,33-18-11-5-4-6-12-18)34-24-22(29)20(27)19(26)21(28)23(24)30/h4-12H,13-15H2,1-3H3. The SMILES string of the molecule is Cc1ccccc1COCC(C)(C)CP(=O)(Oc1ccccc1)Oc1c(F)c(F)c(F)c(F)c1F. The molecule has 0 aliphatic heterocycles. The Hall–Kier alpha value is -2.90. The fourth-order valence-electron chi connectivity index (χ4n) is 3.31. The van der Waals surface area contributed by atoms with Crippen LogP contribution in [0.4, 0.5) is 22.0 Å². The minimum absolute atomic E-state index is 0.0244. The van der Waals surface area contributed by atoms with Gasteiger partial charge in [0.05, 0.1) is 19.4 Å². The van der Waals surface area contributed by atoms with Crippen LogP contribution in [-0.2, 0) is 15.9 Å². The molecule has 3 aromatic carbocycles. The molecule has 0 aromatic heterocycles. The fourth-order valence-corrected chi connectivity index (χ4v) is 5.50. The second-order valence-corrected chi connectivity index (χ2v) is 10.7. The molecular weight excluding hydrogens is 490 g/mol. The first-order chi connectivity index (χ1) is 16.4. The van der Waals surface area contributed by atoms with Crippen LogP contribution in [0.5, 0.6) is 11.5 Å². The lowest BCUT2D eigenvalue weighted by atomic mass is 9.98. The van der Waals surface area contributed by atoms with Gasteiger partial charge in [-0.05, 0) is 30.2 Å². The van der Waals surface area contributed by atoms with Gasteiger partial charge in [0.25, 0.3) is 0 Å². The van der Waals surface area contributed by atoms with Crippen molar-refractivity contribution in [3.8, 4) is 11.5 Å².